The molecule has 0 radical (unpaired) electrons. The molecule has 0 aromatic heterocycles. The number of amides is 3. The fourth-order valence-electron chi connectivity index (χ4n) is 6.17. The summed E-state index contributed by atoms with van der Waals surface area (Å²) < 4.78 is 46.9. The number of phenolic OH excluding ortho intramolecular Hbond substituents is 1. The van der Waals surface area contributed by atoms with Crippen molar-refractivity contribution >= 4 is 29.2 Å². The van der Waals surface area contributed by atoms with Gasteiger partial charge in [-0.2, -0.15) is 13.2 Å². The second kappa shape index (κ2) is 11.6. The molecule has 2 atom stereocenters. The number of phenols is 1. The molecule has 3 N–H and O–H groups in total. The molecule has 44 heavy (non-hydrogen) atoms. The van der Waals surface area contributed by atoms with Crippen molar-refractivity contribution < 1.29 is 37.4 Å². The number of hydrazine groups is 2. The van der Waals surface area contributed by atoms with Crippen LogP contribution in [0.5, 0.6) is 11.5 Å². The van der Waals surface area contributed by atoms with E-state index in [1.165, 1.54) is 30.1 Å². The summed E-state index contributed by atoms with van der Waals surface area (Å²) in [6, 6.07) is 8.78. The summed E-state index contributed by atoms with van der Waals surface area (Å²) in [4.78, 5) is 40.5. The standard InChI is InChI=1S/C29H32F3N7O5/c1-36-35-34-28(29(30,31)32)39(36)19-5-9-24(40)18(12-19)14-37-11-3-2-4-20(37)16-44-21-6-7-22-17(13-21)15-38(27(22)43)23-8-10-25(41)33-26(23)42/h5-7,9,12-13,20,23,35,40H,2-4,8,10-11,14-16H2,1H3,(H,33,41,42)/t20-,23?/m0/s1. The fourth-order valence-corrected chi connectivity index (χ4v) is 6.17. The lowest BCUT2D eigenvalue weighted by Crippen LogP contribution is -2.52. The Morgan fingerprint density at radius 3 is 2.68 bits per heavy atom. The van der Waals surface area contributed by atoms with Crippen LogP contribution < -0.4 is 20.6 Å². The van der Waals surface area contributed by atoms with Crippen LogP contribution in [0.15, 0.2) is 41.5 Å². The number of hydrogen-bond donors (Lipinski definition) is 3. The maximum absolute atomic E-state index is 13.6. The van der Waals surface area contributed by atoms with E-state index in [1.54, 1.807) is 18.2 Å². The molecule has 0 spiro atoms. The normalized spacial score (nSPS) is 23.0. The second-order valence-electron chi connectivity index (χ2n) is 11.3. The van der Waals surface area contributed by atoms with E-state index in [1.807, 2.05) is 0 Å². The highest BCUT2D eigenvalue weighted by molar-refractivity contribution is 6.05. The molecule has 4 heterocycles. The molecule has 12 nitrogen and oxygen atoms in total. The van der Waals surface area contributed by atoms with Crippen LogP contribution in [0.2, 0.25) is 0 Å². The zero-order valence-electron chi connectivity index (χ0n) is 23.9. The number of amidine groups is 1. The topological polar surface area (TPSA) is 130 Å². The van der Waals surface area contributed by atoms with E-state index < -0.39 is 24.0 Å². The average Bonchev–Trinajstić information content (AvgIpc) is 3.53. The van der Waals surface area contributed by atoms with Crippen molar-refractivity contribution in [2.75, 3.05) is 25.2 Å². The van der Waals surface area contributed by atoms with Gasteiger partial charge in [-0.25, -0.2) is 10.5 Å². The third-order valence-electron chi connectivity index (χ3n) is 8.42. The first-order valence-electron chi connectivity index (χ1n) is 14.4. The number of halogens is 3. The van der Waals surface area contributed by atoms with Gasteiger partial charge in [0.25, 0.3) is 11.7 Å². The number of rotatable bonds is 7. The van der Waals surface area contributed by atoms with Crippen molar-refractivity contribution in [2.45, 2.75) is 63.5 Å². The zero-order valence-corrected chi connectivity index (χ0v) is 23.9. The van der Waals surface area contributed by atoms with Crippen molar-refractivity contribution in [1.82, 2.24) is 25.8 Å². The van der Waals surface area contributed by atoms with Gasteiger partial charge in [-0.05, 0) is 67.8 Å². The van der Waals surface area contributed by atoms with Gasteiger partial charge in [0.15, 0.2) is 0 Å². The Morgan fingerprint density at radius 1 is 1.09 bits per heavy atom. The summed E-state index contributed by atoms with van der Waals surface area (Å²) in [6.07, 6.45) is -1.48. The van der Waals surface area contributed by atoms with Crippen LogP contribution in [-0.4, -0.2) is 82.0 Å². The van der Waals surface area contributed by atoms with Gasteiger partial charge < -0.3 is 14.7 Å². The molecule has 15 heteroatoms. The number of likely N-dealkylation sites (tertiary alicyclic amines) is 1. The van der Waals surface area contributed by atoms with Gasteiger partial charge in [0.1, 0.15) is 24.1 Å². The number of hydrazone groups is 1. The van der Waals surface area contributed by atoms with Gasteiger partial charge in [0, 0.05) is 43.7 Å². The molecule has 4 aliphatic heterocycles. The number of carbonyl (C=O) groups is 3. The molecule has 1 unspecified atom stereocenters. The maximum Gasteiger partial charge on any atom is 0.453 e. The van der Waals surface area contributed by atoms with Crippen molar-refractivity contribution in [3.8, 4) is 11.5 Å². The first-order valence-corrected chi connectivity index (χ1v) is 14.4. The van der Waals surface area contributed by atoms with Crippen molar-refractivity contribution in [2.24, 2.45) is 5.10 Å². The Balaban J connectivity index is 1.12. The first kappa shape index (κ1) is 29.7. The largest absolute Gasteiger partial charge is 0.508 e. The summed E-state index contributed by atoms with van der Waals surface area (Å²) in [7, 11) is 1.41. The van der Waals surface area contributed by atoms with E-state index in [2.05, 4.69) is 20.9 Å². The summed E-state index contributed by atoms with van der Waals surface area (Å²) in [5.41, 5.74) is 4.21. The molecular weight excluding hydrogens is 583 g/mol. The van der Waals surface area contributed by atoms with E-state index in [-0.39, 0.29) is 48.7 Å². The maximum atomic E-state index is 13.6. The van der Waals surface area contributed by atoms with Gasteiger partial charge in [-0.15, -0.1) is 10.2 Å². The predicted octanol–water partition coefficient (Wildman–Crippen LogP) is 2.63. The quantitative estimate of drug-likeness (QED) is 0.403. The number of hydrogen-bond acceptors (Lipinski definition) is 10. The molecule has 2 fully saturated rings. The number of benzene rings is 2. The molecule has 2 aromatic rings. The van der Waals surface area contributed by atoms with Crippen LogP contribution in [0.4, 0.5) is 18.9 Å². The van der Waals surface area contributed by atoms with E-state index in [9.17, 15) is 32.7 Å². The highest BCUT2D eigenvalue weighted by Gasteiger charge is 2.45. The minimum absolute atomic E-state index is 0.0231. The number of alkyl halides is 3. The Kier molecular flexibility index (Phi) is 7.84. The SMILES string of the molecule is CN1NN=C(C(F)(F)F)N1c1ccc(O)c(CN2CCCC[C@H]2COc2ccc3c(c2)CN(C2CCC(=O)NC2=O)C3=O)c1. The molecular formula is C29H32F3N7O5. The number of imide groups is 1. The number of piperidine rings is 2. The molecule has 0 saturated carbocycles. The average molecular weight is 616 g/mol. The van der Waals surface area contributed by atoms with Gasteiger partial charge in [0.2, 0.25) is 11.8 Å². The highest BCUT2D eigenvalue weighted by Crippen LogP contribution is 2.33. The minimum atomic E-state index is -4.68. The van der Waals surface area contributed by atoms with Crippen LogP contribution in [0.25, 0.3) is 0 Å². The summed E-state index contributed by atoms with van der Waals surface area (Å²) in [5.74, 6) is -1.63. The van der Waals surface area contributed by atoms with Crippen LogP contribution in [-0.2, 0) is 22.7 Å². The number of nitrogens with zero attached hydrogens (tertiary/aromatic N) is 5. The molecule has 6 rings (SSSR count). The van der Waals surface area contributed by atoms with Crippen LogP contribution in [0.1, 0.15) is 53.6 Å². The number of aromatic hydroxyl groups is 1. The van der Waals surface area contributed by atoms with Crippen molar-refractivity contribution in [3.63, 3.8) is 0 Å². The number of nitrogens with one attached hydrogen (secondary N) is 2. The van der Waals surface area contributed by atoms with Gasteiger partial charge in [0.05, 0.1) is 5.69 Å². The highest BCUT2D eigenvalue weighted by atomic mass is 19.4. The molecule has 234 valence electrons. The lowest BCUT2D eigenvalue weighted by Gasteiger charge is -2.36. The predicted molar refractivity (Wildman–Crippen MR) is 151 cm³/mol. The third kappa shape index (κ3) is 5.76. The van der Waals surface area contributed by atoms with E-state index in [0.29, 0.717) is 30.0 Å². The Morgan fingerprint density at radius 2 is 1.91 bits per heavy atom. The molecule has 2 saturated heterocycles. The van der Waals surface area contributed by atoms with Crippen LogP contribution in [0.3, 0.4) is 0 Å². The van der Waals surface area contributed by atoms with Gasteiger partial charge >= 0.3 is 6.18 Å². The molecule has 0 aliphatic carbocycles. The summed E-state index contributed by atoms with van der Waals surface area (Å²) in [5, 5.41) is 18.3. The minimum Gasteiger partial charge on any atom is -0.508 e. The van der Waals surface area contributed by atoms with E-state index in [0.717, 1.165) is 41.5 Å². The summed E-state index contributed by atoms with van der Waals surface area (Å²) in [6.45, 7) is 1.59. The lowest BCUT2D eigenvalue weighted by atomic mass is 10.0. The van der Waals surface area contributed by atoms with E-state index >= 15 is 0 Å². The first-order chi connectivity index (χ1) is 21.0. The number of carbonyl (C=O) groups excluding carboxylic acids is 3. The molecule has 4 aliphatic rings. The Labute approximate surface area is 251 Å². The lowest BCUT2D eigenvalue weighted by molar-refractivity contribution is -0.136. The van der Waals surface area contributed by atoms with Crippen molar-refractivity contribution in [1.29, 1.82) is 0 Å². The zero-order chi connectivity index (χ0) is 31.2. The Hall–Kier alpha value is -4.37. The van der Waals surface area contributed by atoms with Crippen LogP contribution in [0, 0.1) is 0 Å². The molecule has 3 amide bonds. The van der Waals surface area contributed by atoms with Gasteiger partial charge in [-0.1, -0.05) is 6.42 Å². The number of anilines is 1. The summed E-state index contributed by atoms with van der Waals surface area (Å²) >= 11 is 0. The monoisotopic (exact) mass is 615 g/mol. The van der Waals surface area contributed by atoms with Gasteiger partial charge in [-0.3, -0.25) is 24.6 Å². The molecule has 0 bridgehead atoms. The second-order valence-corrected chi connectivity index (χ2v) is 11.3. The van der Waals surface area contributed by atoms with E-state index in [4.69, 9.17) is 4.74 Å². The Bertz CT molecular complexity index is 1520. The number of ether oxygens (including phenoxy) is 1. The third-order valence-corrected chi connectivity index (χ3v) is 8.42. The van der Waals surface area contributed by atoms with Crippen LogP contribution >= 0.6 is 0 Å². The smallest absolute Gasteiger partial charge is 0.453 e. The fraction of sp³-hybridized carbons (Fsp3) is 0.448. The number of fused-ring (bicyclic) bond motifs is 1. The van der Waals surface area contributed by atoms with Crippen molar-refractivity contribution in [3.05, 3.63) is 53.1 Å². The molecule has 2 aromatic carbocycles.